The Kier molecular flexibility index (Phi) is 5.60. The third-order valence-corrected chi connectivity index (χ3v) is 2.48. The Morgan fingerprint density at radius 3 is 2.71 bits per heavy atom. The smallest absolute Gasteiger partial charge is 0.233 e. The number of amides is 1. The zero-order chi connectivity index (χ0) is 10.2. The average Bonchev–Trinajstić information content (AvgIpc) is 2.98. The Morgan fingerprint density at radius 1 is 1.29 bits per heavy atom. The van der Waals surface area contributed by atoms with Gasteiger partial charge in [0.25, 0.3) is 0 Å². The van der Waals surface area contributed by atoms with Gasteiger partial charge in [0.2, 0.25) is 5.91 Å². The standard InChI is InChI=1S/C11H22N2O/c1-2-3-4-5-8-12-11(14)9-13-10-6-7-10/h10,13H,2-9H2,1H3,(H,12,14). The molecule has 0 bridgehead atoms. The topological polar surface area (TPSA) is 41.1 Å². The van der Waals surface area contributed by atoms with Crippen LogP contribution in [-0.4, -0.2) is 25.0 Å². The molecule has 82 valence electrons. The van der Waals surface area contributed by atoms with Crippen LogP contribution in [0.2, 0.25) is 0 Å². The summed E-state index contributed by atoms with van der Waals surface area (Å²) in [4.78, 5) is 11.2. The van der Waals surface area contributed by atoms with Gasteiger partial charge in [-0.1, -0.05) is 26.2 Å². The molecule has 0 saturated heterocycles. The summed E-state index contributed by atoms with van der Waals surface area (Å²) in [6.07, 6.45) is 7.34. The van der Waals surface area contributed by atoms with Crippen molar-refractivity contribution in [3.63, 3.8) is 0 Å². The molecule has 14 heavy (non-hydrogen) atoms. The molecule has 1 amide bonds. The van der Waals surface area contributed by atoms with Gasteiger partial charge in [0.15, 0.2) is 0 Å². The largest absolute Gasteiger partial charge is 0.355 e. The van der Waals surface area contributed by atoms with Gasteiger partial charge in [-0.2, -0.15) is 0 Å². The van der Waals surface area contributed by atoms with Gasteiger partial charge >= 0.3 is 0 Å². The second-order valence-electron chi connectivity index (χ2n) is 4.07. The minimum atomic E-state index is 0.147. The van der Waals surface area contributed by atoms with Crippen LogP contribution in [0.4, 0.5) is 0 Å². The molecular weight excluding hydrogens is 176 g/mol. The van der Waals surface area contributed by atoms with E-state index in [1.165, 1.54) is 32.1 Å². The predicted octanol–water partition coefficient (Wildman–Crippen LogP) is 1.43. The zero-order valence-electron chi connectivity index (χ0n) is 9.14. The summed E-state index contributed by atoms with van der Waals surface area (Å²) < 4.78 is 0. The molecular formula is C11H22N2O. The third kappa shape index (κ3) is 5.97. The molecule has 1 rings (SSSR count). The van der Waals surface area contributed by atoms with Crippen molar-refractivity contribution in [3.05, 3.63) is 0 Å². The maximum atomic E-state index is 11.2. The van der Waals surface area contributed by atoms with Crippen molar-refractivity contribution < 1.29 is 4.79 Å². The molecule has 0 aromatic rings. The minimum Gasteiger partial charge on any atom is -0.355 e. The van der Waals surface area contributed by atoms with E-state index in [0.717, 1.165) is 13.0 Å². The van der Waals surface area contributed by atoms with E-state index in [1.54, 1.807) is 0 Å². The third-order valence-electron chi connectivity index (χ3n) is 2.48. The molecule has 0 spiro atoms. The number of carbonyl (C=O) groups excluding carboxylic acids is 1. The van der Waals surface area contributed by atoms with Crippen LogP contribution in [0.15, 0.2) is 0 Å². The molecule has 0 aliphatic heterocycles. The molecule has 1 fully saturated rings. The normalized spacial score (nSPS) is 15.5. The van der Waals surface area contributed by atoms with Crippen molar-refractivity contribution in [2.75, 3.05) is 13.1 Å². The number of carbonyl (C=O) groups is 1. The molecule has 1 aliphatic rings. The fourth-order valence-corrected chi connectivity index (χ4v) is 1.37. The molecule has 0 atom stereocenters. The molecule has 0 radical (unpaired) electrons. The van der Waals surface area contributed by atoms with Crippen molar-refractivity contribution >= 4 is 5.91 Å². The van der Waals surface area contributed by atoms with Crippen LogP contribution in [-0.2, 0) is 4.79 Å². The summed E-state index contributed by atoms with van der Waals surface area (Å²) in [5.41, 5.74) is 0. The first-order valence-electron chi connectivity index (χ1n) is 5.83. The first-order valence-corrected chi connectivity index (χ1v) is 5.83. The summed E-state index contributed by atoms with van der Waals surface area (Å²) in [5, 5.41) is 6.12. The van der Waals surface area contributed by atoms with Gasteiger partial charge in [-0.15, -0.1) is 0 Å². The summed E-state index contributed by atoms with van der Waals surface area (Å²) >= 11 is 0. The van der Waals surface area contributed by atoms with Gasteiger partial charge in [0.05, 0.1) is 6.54 Å². The van der Waals surface area contributed by atoms with Crippen molar-refractivity contribution in [1.29, 1.82) is 0 Å². The monoisotopic (exact) mass is 198 g/mol. The van der Waals surface area contributed by atoms with Gasteiger partial charge in [-0.05, 0) is 19.3 Å². The molecule has 3 heteroatoms. The highest BCUT2D eigenvalue weighted by atomic mass is 16.1. The van der Waals surface area contributed by atoms with Crippen LogP contribution in [0.3, 0.4) is 0 Å². The minimum absolute atomic E-state index is 0.147. The van der Waals surface area contributed by atoms with E-state index < -0.39 is 0 Å². The molecule has 0 unspecified atom stereocenters. The Morgan fingerprint density at radius 2 is 2.07 bits per heavy atom. The molecule has 0 aromatic carbocycles. The van der Waals surface area contributed by atoms with Crippen molar-refractivity contribution in [2.45, 2.75) is 51.5 Å². The van der Waals surface area contributed by atoms with E-state index in [0.29, 0.717) is 12.6 Å². The van der Waals surface area contributed by atoms with E-state index >= 15 is 0 Å². The van der Waals surface area contributed by atoms with Gasteiger partial charge in [0.1, 0.15) is 0 Å². The maximum Gasteiger partial charge on any atom is 0.233 e. The Bertz CT molecular complexity index is 167. The van der Waals surface area contributed by atoms with Crippen LogP contribution in [0.1, 0.15) is 45.4 Å². The van der Waals surface area contributed by atoms with E-state index in [9.17, 15) is 4.79 Å². The number of hydrogen-bond acceptors (Lipinski definition) is 2. The van der Waals surface area contributed by atoms with Crippen LogP contribution in [0.5, 0.6) is 0 Å². The fraction of sp³-hybridized carbons (Fsp3) is 0.909. The summed E-state index contributed by atoms with van der Waals surface area (Å²) in [7, 11) is 0. The second-order valence-corrected chi connectivity index (χ2v) is 4.07. The summed E-state index contributed by atoms with van der Waals surface area (Å²) in [5.74, 6) is 0.147. The van der Waals surface area contributed by atoms with Crippen molar-refractivity contribution in [3.8, 4) is 0 Å². The molecule has 1 saturated carbocycles. The summed E-state index contributed by atoms with van der Waals surface area (Å²) in [6, 6.07) is 0.626. The molecule has 1 aliphatic carbocycles. The van der Waals surface area contributed by atoms with Gasteiger partial charge < -0.3 is 10.6 Å². The zero-order valence-corrected chi connectivity index (χ0v) is 9.14. The SMILES string of the molecule is CCCCCCNC(=O)CNC1CC1. The number of hydrogen-bond donors (Lipinski definition) is 2. The molecule has 2 N–H and O–H groups in total. The summed E-state index contributed by atoms with van der Waals surface area (Å²) in [6.45, 7) is 3.53. The fourth-order valence-electron chi connectivity index (χ4n) is 1.37. The van der Waals surface area contributed by atoms with E-state index in [2.05, 4.69) is 17.6 Å². The Labute approximate surface area is 86.6 Å². The highest BCUT2D eigenvalue weighted by molar-refractivity contribution is 5.77. The van der Waals surface area contributed by atoms with Crippen LogP contribution < -0.4 is 10.6 Å². The highest BCUT2D eigenvalue weighted by Crippen LogP contribution is 2.17. The lowest BCUT2D eigenvalue weighted by molar-refractivity contribution is -0.120. The van der Waals surface area contributed by atoms with Crippen molar-refractivity contribution in [2.24, 2.45) is 0 Å². The lowest BCUT2D eigenvalue weighted by Crippen LogP contribution is -2.35. The first-order chi connectivity index (χ1) is 6.83. The van der Waals surface area contributed by atoms with Gasteiger partial charge in [-0.3, -0.25) is 4.79 Å². The van der Waals surface area contributed by atoms with Crippen LogP contribution >= 0.6 is 0 Å². The molecule has 3 nitrogen and oxygen atoms in total. The Hall–Kier alpha value is -0.570. The number of nitrogens with one attached hydrogen (secondary N) is 2. The maximum absolute atomic E-state index is 11.2. The van der Waals surface area contributed by atoms with Crippen LogP contribution in [0.25, 0.3) is 0 Å². The molecule has 0 heterocycles. The second kappa shape index (κ2) is 6.82. The number of rotatable bonds is 8. The lowest BCUT2D eigenvalue weighted by atomic mass is 10.2. The lowest BCUT2D eigenvalue weighted by Gasteiger charge is -2.05. The predicted molar refractivity (Wildman–Crippen MR) is 58.2 cm³/mol. The van der Waals surface area contributed by atoms with E-state index in [-0.39, 0.29) is 5.91 Å². The highest BCUT2D eigenvalue weighted by Gasteiger charge is 2.20. The number of unbranched alkanes of at least 4 members (excludes halogenated alkanes) is 3. The van der Waals surface area contributed by atoms with Crippen LogP contribution in [0, 0.1) is 0 Å². The van der Waals surface area contributed by atoms with E-state index in [4.69, 9.17) is 0 Å². The first kappa shape index (κ1) is 11.5. The van der Waals surface area contributed by atoms with Crippen molar-refractivity contribution in [1.82, 2.24) is 10.6 Å². The average molecular weight is 198 g/mol. The van der Waals surface area contributed by atoms with Gasteiger partial charge in [0, 0.05) is 12.6 Å². The quantitative estimate of drug-likeness (QED) is 0.579. The Balaban J connectivity index is 1.81. The van der Waals surface area contributed by atoms with Gasteiger partial charge in [-0.25, -0.2) is 0 Å². The molecule has 0 aromatic heterocycles. The van der Waals surface area contributed by atoms with E-state index in [1.807, 2.05) is 0 Å².